The number of halogens is 2. The average molecular weight is 577 g/mol. The number of hydrogen-bond donors (Lipinski definition) is 1. The van der Waals surface area contributed by atoms with Gasteiger partial charge in [-0.2, -0.15) is 0 Å². The van der Waals surface area contributed by atoms with Crippen LogP contribution >= 0.6 is 23.2 Å². The summed E-state index contributed by atoms with van der Waals surface area (Å²) in [6.45, 7) is 1.41. The number of nitrogens with zero attached hydrogens (tertiary/aromatic N) is 2. The van der Waals surface area contributed by atoms with E-state index in [9.17, 15) is 18.0 Å². The molecule has 3 rings (SSSR count). The first kappa shape index (κ1) is 29.5. The number of hydrogen-bond acceptors (Lipinski definition) is 4. The number of anilines is 1. The molecule has 0 fully saturated rings. The Morgan fingerprint density at radius 1 is 0.947 bits per heavy atom. The van der Waals surface area contributed by atoms with Crippen LogP contribution in [-0.4, -0.2) is 51.0 Å². The monoisotopic (exact) mass is 575 g/mol. The summed E-state index contributed by atoms with van der Waals surface area (Å²) in [6.07, 6.45) is 1.87. The second-order valence-corrected chi connectivity index (χ2v) is 11.6. The lowest BCUT2D eigenvalue weighted by atomic mass is 10.0. The van der Waals surface area contributed by atoms with Crippen LogP contribution in [0.1, 0.15) is 23.6 Å². The fourth-order valence-electron chi connectivity index (χ4n) is 4.20. The Hall–Kier alpha value is -3.07. The molecule has 0 aromatic heterocycles. The highest BCUT2D eigenvalue weighted by Crippen LogP contribution is 2.26. The summed E-state index contributed by atoms with van der Waals surface area (Å²) in [5.74, 6) is -0.927. The minimum atomic E-state index is -3.83. The highest BCUT2D eigenvalue weighted by atomic mass is 35.5. The third-order valence-corrected chi connectivity index (χ3v) is 7.91. The van der Waals surface area contributed by atoms with Crippen LogP contribution in [-0.2, 0) is 39.0 Å². The Morgan fingerprint density at radius 2 is 1.61 bits per heavy atom. The maximum atomic E-state index is 14.0. The normalized spacial score (nSPS) is 12.0. The van der Waals surface area contributed by atoms with Gasteiger partial charge in [0.25, 0.3) is 0 Å². The van der Waals surface area contributed by atoms with Gasteiger partial charge in [-0.1, -0.05) is 84.7 Å². The number of amides is 2. The molecule has 3 aromatic rings. The van der Waals surface area contributed by atoms with Crippen molar-refractivity contribution in [3.63, 3.8) is 0 Å². The van der Waals surface area contributed by atoms with E-state index in [1.807, 2.05) is 49.4 Å². The molecule has 0 spiro atoms. The van der Waals surface area contributed by atoms with E-state index in [4.69, 9.17) is 23.2 Å². The molecule has 10 heteroatoms. The molecule has 0 unspecified atom stereocenters. The molecule has 2 amide bonds. The molecule has 0 aliphatic rings. The zero-order valence-corrected chi connectivity index (χ0v) is 23.9. The van der Waals surface area contributed by atoms with Crippen molar-refractivity contribution in [2.45, 2.75) is 32.4 Å². The van der Waals surface area contributed by atoms with Gasteiger partial charge in [0.2, 0.25) is 21.8 Å². The van der Waals surface area contributed by atoms with Crippen molar-refractivity contribution in [3.8, 4) is 0 Å². The Kier molecular flexibility index (Phi) is 10.2. The lowest BCUT2D eigenvalue weighted by Gasteiger charge is -2.33. The van der Waals surface area contributed by atoms with E-state index in [1.54, 1.807) is 30.3 Å². The van der Waals surface area contributed by atoms with Crippen LogP contribution in [0.5, 0.6) is 0 Å². The molecule has 7 nitrogen and oxygen atoms in total. The first-order chi connectivity index (χ1) is 18.0. The molecular weight excluding hydrogens is 545 g/mol. The van der Waals surface area contributed by atoms with Crippen LogP contribution in [0.2, 0.25) is 10.0 Å². The minimum absolute atomic E-state index is 0.0210. The second kappa shape index (κ2) is 13.1. The molecule has 38 heavy (non-hydrogen) atoms. The molecule has 0 radical (unpaired) electrons. The van der Waals surface area contributed by atoms with Crippen LogP contribution in [0, 0.1) is 0 Å². The van der Waals surface area contributed by atoms with E-state index in [1.165, 1.54) is 11.9 Å². The molecule has 1 N–H and O–H groups in total. The molecule has 0 aliphatic heterocycles. The first-order valence-electron chi connectivity index (χ1n) is 12.1. The number of rotatable bonds is 11. The van der Waals surface area contributed by atoms with Gasteiger partial charge in [0.05, 0.1) is 11.9 Å². The van der Waals surface area contributed by atoms with Crippen molar-refractivity contribution in [1.82, 2.24) is 10.2 Å². The van der Waals surface area contributed by atoms with Gasteiger partial charge in [0.15, 0.2) is 0 Å². The fraction of sp³-hybridized carbons (Fsp3) is 0.286. The van der Waals surface area contributed by atoms with Gasteiger partial charge in [-0.3, -0.25) is 13.9 Å². The van der Waals surface area contributed by atoms with Gasteiger partial charge in [-0.25, -0.2) is 8.42 Å². The van der Waals surface area contributed by atoms with Gasteiger partial charge in [0.1, 0.15) is 12.6 Å². The topological polar surface area (TPSA) is 86.8 Å². The highest BCUT2D eigenvalue weighted by Gasteiger charge is 2.33. The van der Waals surface area contributed by atoms with Gasteiger partial charge in [0, 0.05) is 30.1 Å². The summed E-state index contributed by atoms with van der Waals surface area (Å²) in [5, 5.41) is 3.41. The number of para-hydroxylation sites is 1. The Labute approximate surface area is 234 Å². The second-order valence-electron chi connectivity index (χ2n) is 8.83. The quantitative estimate of drug-likeness (QED) is 0.359. The predicted octanol–water partition coefficient (Wildman–Crippen LogP) is 4.71. The van der Waals surface area contributed by atoms with Crippen molar-refractivity contribution in [1.29, 1.82) is 0 Å². The summed E-state index contributed by atoms with van der Waals surface area (Å²) in [4.78, 5) is 28.5. The summed E-state index contributed by atoms with van der Waals surface area (Å²) in [6, 6.07) is 20.3. The molecule has 0 bridgehead atoms. The molecule has 0 saturated heterocycles. The van der Waals surface area contributed by atoms with Gasteiger partial charge < -0.3 is 10.2 Å². The summed E-state index contributed by atoms with van der Waals surface area (Å²) >= 11 is 12.5. The summed E-state index contributed by atoms with van der Waals surface area (Å²) in [7, 11) is -2.34. The predicted molar refractivity (Wildman–Crippen MR) is 153 cm³/mol. The van der Waals surface area contributed by atoms with Crippen molar-refractivity contribution < 1.29 is 18.0 Å². The number of likely N-dealkylation sites (N-methyl/N-ethyl adjacent to an activating group) is 1. The van der Waals surface area contributed by atoms with E-state index < -0.39 is 28.5 Å². The fourth-order valence-corrected chi connectivity index (χ4v) is 5.55. The van der Waals surface area contributed by atoms with Crippen LogP contribution in [0.25, 0.3) is 0 Å². The van der Waals surface area contributed by atoms with Crippen molar-refractivity contribution in [2.75, 3.05) is 24.2 Å². The maximum absolute atomic E-state index is 14.0. The van der Waals surface area contributed by atoms with Crippen LogP contribution < -0.4 is 9.62 Å². The number of carbonyl (C=O) groups is 2. The Balaban J connectivity index is 2.07. The smallest absolute Gasteiger partial charge is 0.244 e. The van der Waals surface area contributed by atoms with Crippen LogP contribution in [0.4, 0.5) is 5.69 Å². The van der Waals surface area contributed by atoms with E-state index in [0.717, 1.165) is 21.7 Å². The number of aryl methyl sites for hydroxylation is 1. The van der Waals surface area contributed by atoms with Gasteiger partial charge >= 0.3 is 0 Å². The van der Waals surface area contributed by atoms with Gasteiger partial charge in [-0.15, -0.1) is 0 Å². The Bertz CT molecular complexity index is 1380. The molecule has 3 aromatic carbocycles. The van der Waals surface area contributed by atoms with E-state index in [0.29, 0.717) is 27.7 Å². The Morgan fingerprint density at radius 3 is 2.21 bits per heavy atom. The third kappa shape index (κ3) is 7.49. The van der Waals surface area contributed by atoms with E-state index >= 15 is 0 Å². The first-order valence-corrected chi connectivity index (χ1v) is 14.7. The zero-order chi connectivity index (χ0) is 27.9. The standard InChI is InChI=1S/C28H31Cl2N3O4S/c1-4-21-12-8-9-13-25(21)33(38(3,36)37)19-27(34)32(18-22-14-15-23(29)17-24(22)30)26(28(35)31-2)16-20-10-6-5-7-11-20/h5-15,17,26H,4,16,18-19H2,1-3H3,(H,31,35)/t26-/m0/s1. The van der Waals surface area contributed by atoms with Crippen molar-refractivity contribution in [3.05, 3.63) is 99.5 Å². The largest absolute Gasteiger partial charge is 0.357 e. The molecule has 0 saturated carbocycles. The third-order valence-electron chi connectivity index (χ3n) is 6.19. The molecular formula is C28H31Cl2N3O4S. The minimum Gasteiger partial charge on any atom is -0.357 e. The van der Waals surface area contributed by atoms with Crippen molar-refractivity contribution in [2.24, 2.45) is 0 Å². The number of sulfonamides is 1. The maximum Gasteiger partial charge on any atom is 0.244 e. The van der Waals surface area contributed by atoms with Crippen LogP contribution in [0.15, 0.2) is 72.8 Å². The lowest BCUT2D eigenvalue weighted by Crippen LogP contribution is -2.53. The SMILES string of the molecule is CCc1ccccc1N(CC(=O)N(Cc1ccc(Cl)cc1Cl)[C@@H](Cc1ccccc1)C(=O)NC)S(C)(=O)=O. The number of carbonyl (C=O) groups excluding carboxylic acids is 2. The molecule has 1 atom stereocenters. The average Bonchev–Trinajstić information content (AvgIpc) is 2.89. The summed E-state index contributed by atoms with van der Waals surface area (Å²) < 4.78 is 26.9. The lowest BCUT2D eigenvalue weighted by molar-refractivity contribution is -0.139. The number of nitrogens with one attached hydrogen (secondary N) is 1. The number of benzene rings is 3. The summed E-state index contributed by atoms with van der Waals surface area (Å²) in [5.41, 5.74) is 2.63. The van der Waals surface area contributed by atoms with Gasteiger partial charge in [-0.05, 0) is 41.3 Å². The zero-order valence-electron chi connectivity index (χ0n) is 21.5. The molecule has 202 valence electrons. The van der Waals surface area contributed by atoms with E-state index in [-0.39, 0.29) is 18.9 Å². The molecule has 0 aliphatic carbocycles. The van der Waals surface area contributed by atoms with Crippen molar-refractivity contribution >= 4 is 50.7 Å². The molecule has 0 heterocycles. The highest BCUT2D eigenvalue weighted by molar-refractivity contribution is 7.92. The van der Waals surface area contributed by atoms with E-state index in [2.05, 4.69) is 5.32 Å². The van der Waals surface area contributed by atoms with Crippen LogP contribution in [0.3, 0.4) is 0 Å².